The summed E-state index contributed by atoms with van der Waals surface area (Å²) in [5.74, 6) is 0.419. The Labute approximate surface area is 170 Å². The van der Waals surface area contributed by atoms with E-state index in [0.717, 1.165) is 49.5 Å². The molecule has 2 aliphatic heterocycles. The second kappa shape index (κ2) is 9.31. The molecule has 7 heteroatoms. The van der Waals surface area contributed by atoms with Gasteiger partial charge in [0.15, 0.2) is 0 Å². The molecule has 28 heavy (non-hydrogen) atoms. The predicted octanol–water partition coefficient (Wildman–Crippen LogP) is 3.07. The van der Waals surface area contributed by atoms with Crippen LogP contribution in [0.25, 0.3) is 0 Å². The van der Waals surface area contributed by atoms with Crippen molar-refractivity contribution in [2.45, 2.75) is 32.0 Å². The fourth-order valence-corrected chi connectivity index (χ4v) is 4.81. The summed E-state index contributed by atoms with van der Waals surface area (Å²) >= 11 is 1.63. The van der Waals surface area contributed by atoms with Crippen LogP contribution in [0.2, 0.25) is 0 Å². The zero-order valence-electron chi connectivity index (χ0n) is 16.5. The zero-order chi connectivity index (χ0) is 19.3. The number of nitrogens with zero attached hydrogens (tertiary/aromatic N) is 4. The molecule has 0 spiro atoms. The highest BCUT2D eigenvalue weighted by Gasteiger charge is 2.27. The van der Waals surface area contributed by atoms with Crippen molar-refractivity contribution < 1.29 is 9.13 Å². The van der Waals surface area contributed by atoms with Gasteiger partial charge in [0.25, 0.3) is 0 Å². The molecule has 0 aliphatic carbocycles. The lowest BCUT2D eigenvalue weighted by Gasteiger charge is -2.42. The van der Waals surface area contributed by atoms with Crippen LogP contribution in [0.3, 0.4) is 0 Å². The fourth-order valence-electron chi connectivity index (χ4n) is 4.12. The number of rotatable bonds is 6. The van der Waals surface area contributed by atoms with Gasteiger partial charge in [-0.15, -0.1) is 11.3 Å². The maximum atomic E-state index is 12.9. The largest absolute Gasteiger partial charge is 0.486 e. The molecule has 5 nitrogen and oxygen atoms in total. The molecule has 1 aromatic carbocycles. The molecule has 0 amide bonds. The van der Waals surface area contributed by atoms with E-state index in [0.29, 0.717) is 12.4 Å². The van der Waals surface area contributed by atoms with Crippen LogP contribution in [-0.4, -0.2) is 72.0 Å². The third kappa shape index (κ3) is 5.29. The summed E-state index contributed by atoms with van der Waals surface area (Å²) in [6.45, 7) is 8.33. The normalized spacial score (nSPS) is 22.4. The Kier molecular flexibility index (Phi) is 6.57. The quantitative estimate of drug-likeness (QED) is 0.739. The van der Waals surface area contributed by atoms with Gasteiger partial charge in [-0.2, -0.15) is 0 Å². The number of aromatic nitrogens is 1. The summed E-state index contributed by atoms with van der Waals surface area (Å²) in [5, 5.41) is 3.09. The van der Waals surface area contributed by atoms with E-state index in [1.54, 1.807) is 23.5 Å². The molecule has 1 aromatic heterocycles. The van der Waals surface area contributed by atoms with Gasteiger partial charge in [0.1, 0.15) is 23.2 Å². The van der Waals surface area contributed by atoms with E-state index in [1.807, 2.05) is 0 Å². The van der Waals surface area contributed by atoms with Crippen LogP contribution in [0.1, 0.15) is 23.5 Å². The summed E-state index contributed by atoms with van der Waals surface area (Å²) in [4.78, 5) is 12.4. The fraction of sp³-hybridized carbons (Fsp3) is 0.571. The van der Waals surface area contributed by atoms with Crippen molar-refractivity contribution >= 4 is 11.3 Å². The average molecular weight is 405 g/mol. The third-order valence-electron chi connectivity index (χ3n) is 5.68. The average Bonchev–Trinajstić information content (AvgIpc) is 3.15. The summed E-state index contributed by atoms with van der Waals surface area (Å²) in [6.07, 6.45) is 2.66. The predicted molar refractivity (Wildman–Crippen MR) is 110 cm³/mol. The topological polar surface area (TPSA) is 31.8 Å². The molecule has 0 radical (unpaired) electrons. The van der Waals surface area contributed by atoms with Gasteiger partial charge >= 0.3 is 0 Å². The SMILES string of the molecule is CN1CCCC(N2CCN(Cc3csc(COc4ccc(F)cc4)n3)CC2)C1. The summed E-state index contributed by atoms with van der Waals surface area (Å²) in [5.41, 5.74) is 1.12. The number of hydrogen-bond donors (Lipinski definition) is 0. The van der Waals surface area contributed by atoms with Gasteiger partial charge in [-0.05, 0) is 50.7 Å². The lowest BCUT2D eigenvalue weighted by molar-refractivity contribution is 0.0564. The van der Waals surface area contributed by atoms with E-state index < -0.39 is 0 Å². The number of likely N-dealkylation sites (tertiary alicyclic amines) is 1. The highest BCUT2D eigenvalue weighted by Crippen LogP contribution is 2.19. The molecule has 2 saturated heterocycles. The van der Waals surface area contributed by atoms with Gasteiger partial charge < -0.3 is 9.64 Å². The van der Waals surface area contributed by atoms with Crippen LogP contribution in [0.5, 0.6) is 5.75 Å². The molecular weight excluding hydrogens is 375 g/mol. The molecule has 0 saturated carbocycles. The number of likely N-dealkylation sites (N-methyl/N-ethyl adjacent to an activating group) is 1. The Morgan fingerprint density at radius 2 is 1.93 bits per heavy atom. The Balaban J connectivity index is 1.22. The number of hydrogen-bond acceptors (Lipinski definition) is 6. The summed E-state index contributed by atoms with van der Waals surface area (Å²) in [6, 6.07) is 6.84. The van der Waals surface area contributed by atoms with Crippen LogP contribution in [-0.2, 0) is 13.2 Å². The molecule has 152 valence electrons. The van der Waals surface area contributed by atoms with Crippen LogP contribution >= 0.6 is 11.3 Å². The van der Waals surface area contributed by atoms with Crippen LogP contribution in [0.4, 0.5) is 4.39 Å². The first kappa shape index (κ1) is 19.8. The number of piperazine rings is 1. The molecule has 2 fully saturated rings. The maximum absolute atomic E-state index is 12.9. The number of thiazole rings is 1. The Morgan fingerprint density at radius 3 is 2.68 bits per heavy atom. The smallest absolute Gasteiger partial charge is 0.140 e. The summed E-state index contributed by atoms with van der Waals surface area (Å²) < 4.78 is 18.6. The first-order valence-electron chi connectivity index (χ1n) is 10.1. The van der Waals surface area contributed by atoms with Crippen molar-refractivity contribution in [3.05, 3.63) is 46.2 Å². The van der Waals surface area contributed by atoms with E-state index in [9.17, 15) is 4.39 Å². The van der Waals surface area contributed by atoms with E-state index >= 15 is 0 Å². The molecule has 2 aliphatic rings. The van der Waals surface area contributed by atoms with Crippen molar-refractivity contribution in [1.82, 2.24) is 19.7 Å². The summed E-state index contributed by atoms with van der Waals surface area (Å²) in [7, 11) is 2.24. The van der Waals surface area contributed by atoms with E-state index in [-0.39, 0.29) is 5.82 Å². The number of halogens is 1. The van der Waals surface area contributed by atoms with Gasteiger partial charge in [-0.1, -0.05) is 0 Å². The standard InChI is InChI=1S/C21H29FN4OS/c1-24-8-2-3-19(14-24)26-11-9-25(10-12-26)13-18-16-28-21(23-18)15-27-20-6-4-17(22)5-7-20/h4-7,16,19H,2-3,8-15H2,1H3. The van der Waals surface area contributed by atoms with E-state index in [1.165, 1.54) is 38.1 Å². The second-order valence-corrected chi connectivity index (χ2v) is 8.79. The molecule has 0 N–H and O–H groups in total. The van der Waals surface area contributed by atoms with Crippen molar-refractivity contribution in [2.75, 3.05) is 46.3 Å². The van der Waals surface area contributed by atoms with Crippen LogP contribution in [0.15, 0.2) is 29.6 Å². The first-order chi connectivity index (χ1) is 13.7. The lowest BCUT2D eigenvalue weighted by atomic mass is 10.0. The molecule has 3 heterocycles. The van der Waals surface area contributed by atoms with Crippen molar-refractivity contribution in [3.8, 4) is 5.75 Å². The minimum Gasteiger partial charge on any atom is -0.486 e. The molecule has 4 rings (SSSR count). The Morgan fingerprint density at radius 1 is 1.14 bits per heavy atom. The highest BCUT2D eigenvalue weighted by atomic mass is 32.1. The van der Waals surface area contributed by atoms with Crippen molar-refractivity contribution in [1.29, 1.82) is 0 Å². The van der Waals surface area contributed by atoms with Crippen LogP contribution in [0, 0.1) is 5.82 Å². The molecular formula is C21H29FN4OS. The first-order valence-corrected chi connectivity index (χ1v) is 11.0. The minimum absolute atomic E-state index is 0.250. The monoisotopic (exact) mass is 404 g/mol. The second-order valence-electron chi connectivity index (χ2n) is 7.85. The van der Waals surface area contributed by atoms with Gasteiger partial charge in [-0.3, -0.25) is 9.80 Å². The molecule has 0 bridgehead atoms. The van der Waals surface area contributed by atoms with Crippen molar-refractivity contribution in [2.24, 2.45) is 0 Å². The molecule has 1 atom stereocenters. The number of benzene rings is 1. The van der Waals surface area contributed by atoms with Gasteiger partial charge in [0, 0.05) is 50.7 Å². The van der Waals surface area contributed by atoms with Gasteiger partial charge in [0.2, 0.25) is 0 Å². The van der Waals surface area contributed by atoms with Crippen molar-refractivity contribution in [3.63, 3.8) is 0 Å². The maximum Gasteiger partial charge on any atom is 0.140 e. The Hall–Kier alpha value is -1.54. The third-order valence-corrected chi connectivity index (χ3v) is 6.55. The Bertz CT molecular complexity index is 745. The van der Waals surface area contributed by atoms with Gasteiger partial charge in [0.05, 0.1) is 5.69 Å². The van der Waals surface area contributed by atoms with E-state index in [4.69, 9.17) is 9.72 Å². The zero-order valence-corrected chi connectivity index (χ0v) is 17.3. The van der Waals surface area contributed by atoms with Crippen LogP contribution < -0.4 is 4.74 Å². The minimum atomic E-state index is -0.250. The molecule has 2 aromatic rings. The number of ether oxygens (including phenoxy) is 1. The van der Waals surface area contributed by atoms with E-state index in [2.05, 4.69) is 27.1 Å². The highest BCUT2D eigenvalue weighted by molar-refractivity contribution is 7.09. The lowest BCUT2D eigenvalue weighted by Crippen LogP contribution is -2.54. The number of piperidine rings is 1. The molecule has 1 unspecified atom stereocenters. The van der Waals surface area contributed by atoms with Gasteiger partial charge in [-0.25, -0.2) is 9.37 Å².